The molecule has 7 nitrogen and oxygen atoms in total. The average Bonchev–Trinajstić information content (AvgIpc) is 2.68. The Hall–Kier alpha value is -3.32. The molecule has 0 spiro atoms. The summed E-state index contributed by atoms with van der Waals surface area (Å²) in [4.78, 5) is 33.1. The van der Waals surface area contributed by atoms with E-state index in [1.807, 2.05) is 31.2 Å². The van der Waals surface area contributed by atoms with Crippen molar-refractivity contribution in [2.45, 2.75) is 26.4 Å². The number of rotatable bonds is 4. The van der Waals surface area contributed by atoms with Crippen molar-refractivity contribution < 1.29 is 4.92 Å². The maximum atomic E-state index is 12.5. The van der Waals surface area contributed by atoms with Gasteiger partial charge in [-0.15, -0.1) is 0 Å². The third-order valence-corrected chi connectivity index (χ3v) is 5.06. The Morgan fingerprint density at radius 1 is 1.18 bits per heavy atom. The Morgan fingerprint density at radius 3 is 2.68 bits per heavy atom. The highest BCUT2D eigenvalue weighted by Crippen LogP contribution is 2.24. The van der Waals surface area contributed by atoms with Crippen LogP contribution in [0.3, 0.4) is 0 Å². The number of nitro benzene ring substituents is 1. The van der Waals surface area contributed by atoms with Crippen molar-refractivity contribution in [1.29, 1.82) is 0 Å². The molecule has 4 rings (SSSR count). The molecular formula is C21H20N4O3. The number of fused-ring (bicyclic) bond motifs is 1. The third-order valence-electron chi connectivity index (χ3n) is 5.06. The second kappa shape index (κ2) is 7.36. The second-order valence-electron chi connectivity index (χ2n) is 7.05. The van der Waals surface area contributed by atoms with E-state index in [9.17, 15) is 14.9 Å². The summed E-state index contributed by atoms with van der Waals surface area (Å²) in [7, 11) is 0. The predicted octanol–water partition coefficient (Wildman–Crippen LogP) is 3.21. The van der Waals surface area contributed by atoms with Crippen LogP contribution in [0.25, 0.3) is 11.4 Å². The molecule has 2 heterocycles. The number of benzene rings is 2. The number of nitro groups is 1. The normalized spacial score (nSPS) is 13.9. The number of hydrogen-bond donors (Lipinski definition) is 1. The summed E-state index contributed by atoms with van der Waals surface area (Å²) in [5, 5.41) is 11.3. The van der Waals surface area contributed by atoms with Crippen molar-refractivity contribution in [3.63, 3.8) is 0 Å². The fourth-order valence-electron chi connectivity index (χ4n) is 3.54. The van der Waals surface area contributed by atoms with Gasteiger partial charge in [-0.25, -0.2) is 4.98 Å². The van der Waals surface area contributed by atoms with Crippen LogP contribution in [0, 0.1) is 17.0 Å². The predicted molar refractivity (Wildman–Crippen MR) is 106 cm³/mol. The first-order valence-corrected chi connectivity index (χ1v) is 9.15. The zero-order valence-corrected chi connectivity index (χ0v) is 15.5. The smallest absolute Gasteiger partial charge is 0.273 e. The van der Waals surface area contributed by atoms with Gasteiger partial charge in [0.1, 0.15) is 5.82 Å². The van der Waals surface area contributed by atoms with Gasteiger partial charge in [0.05, 0.1) is 10.6 Å². The summed E-state index contributed by atoms with van der Waals surface area (Å²) in [5.41, 5.74) is 4.12. The monoisotopic (exact) mass is 376 g/mol. The van der Waals surface area contributed by atoms with E-state index in [4.69, 9.17) is 4.98 Å². The van der Waals surface area contributed by atoms with E-state index in [1.165, 1.54) is 6.07 Å². The summed E-state index contributed by atoms with van der Waals surface area (Å²) in [6, 6.07) is 14.6. The highest BCUT2D eigenvalue weighted by Gasteiger charge is 2.23. The van der Waals surface area contributed by atoms with Gasteiger partial charge in [-0.2, -0.15) is 0 Å². The zero-order chi connectivity index (χ0) is 19.7. The van der Waals surface area contributed by atoms with Crippen molar-refractivity contribution in [2.75, 3.05) is 6.54 Å². The Morgan fingerprint density at radius 2 is 1.93 bits per heavy atom. The number of aromatic nitrogens is 2. The van der Waals surface area contributed by atoms with Crippen LogP contribution in [-0.4, -0.2) is 26.3 Å². The molecule has 0 radical (unpaired) electrons. The molecule has 0 fully saturated rings. The van der Waals surface area contributed by atoms with Gasteiger partial charge in [-0.3, -0.25) is 19.8 Å². The van der Waals surface area contributed by atoms with Gasteiger partial charge in [0.15, 0.2) is 0 Å². The minimum atomic E-state index is -0.355. The number of aryl methyl sites for hydroxylation is 1. The van der Waals surface area contributed by atoms with Crippen LogP contribution in [0.4, 0.5) is 5.69 Å². The van der Waals surface area contributed by atoms with Gasteiger partial charge in [0.2, 0.25) is 0 Å². The van der Waals surface area contributed by atoms with Crippen molar-refractivity contribution in [1.82, 2.24) is 14.9 Å². The first-order valence-electron chi connectivity index (χ1n) is 9.15. The van der Waals surface area contributed by atoms with Crippen LogP contribution < -0.4 is 5.56 Å². The van der Waals surface area contributed by atoms with Gasteiger partial charge in [-0.05, 0) is 13.3 Å². The third kappa shape index (κ3) is 3.57. The number of nitrogens with zero attached hydrogens (tertiary/aromatic N) is 3. The molecule has 2 aromatic carbocycles. The standard InChI is InChI=1S/C21H20N4O3/c1-14-6-8-15(9-7-14)20-22-18-13-24(11-10-17(18)21(26)23-20)12-16-4-2-3-5-19(16)25(27)28/h2-9H,10-13H2,1H3,(H,22,23,26). The molecule has 0 bridgehead atoms. The van der Waals surface area contributed by atoms with E-state index >= 15 is 0 Å². The molecule has 1 N–H and O–H groups in total. The summed E-state index contributed by atoms with van der Waals surface area (Å²) in [5.74, 6) is 0.552. The summed E-state index contributed by atoms with van der Waals surface area (Å²) >= 11 is 0. The van der Waals surface area contributed by atoms with Crippen LogP contribution in [-0.2, 0) is 19.5 Å². The van der Waals surface area contributed by atoms with E-state index in [2.05, 4.69) is 9.88 Å². The molecule has 1 aromatic heterocycles. The van der Waals surface area contributed by atoms with Crippen molar-refractivity contribution in [3.05, 3.63) is 91.4 Å². The highest BCUT2D eigenvalue weighted by atomic mass is 16.6. The number of hydrogen-bond acceptors (Lipinski definition) is 5. The van der Waals surface area contributed by atoms with E-state index in [1.54, 1.807) is 18.2 Å². The minimum absolute atomic E-state index is 0.106. The summed E-state index contributed by atoms with van der Waals surface area (Å²) < 4.78 is 0. The van der Waals surface area contributed by atoms with Gasteiger partial charge in [0.25, 0.3) is 11.2 Å². The molecular weight excluding hydrogens is 356 g/mol. The van der Waals surface area contributed by atoms with Crippen molar-refractivity contribution in [2.24, 2.45) is 0 Å². The molecule has 142 valence electrons. The lowest BCUT2D eigenvalue weighted by Gasteiger charge is -2.27. The number of aromatic amines is 1. The lowest BCUT2D eigenvalue weighted by Crippen LogP contribution is -2.35. The molecule has 0 atom stereocenters. The molecule has 0 unspecified atom stereocenters. The van der Waals surface area contributed by atoms with Crippen LogP contribution in [0.15, 0.2) is 53.3 Å². The number of nitrogens with one attached hydrogen (secondary N) is 1. The van der Waals surface area contributed by atoms with Crippen LogP contribution in [0.1, 0.15) is 22.4 Å². The van der Waals surface area contributed by atoms with E-state index in [-0.39, 0.29) is 16.2 Å². The first-order chi connectivity index (χ1) is 13.5. The van der Waals surface area contributed by atoms with E-state index < -0.39 is 0 Å². The fraction of sp³-hybridized carbons (Fsp3) is 0.238. The fourth-order valence-corrected chi connectivity index (χ4v) is 3.54. The molecule has 7 heteroatoms. The van der Waals surface area contributed by atoms with Crippen LogP contribution in [0.2, 0.25) is 0 Å². The number of H-pyrrole nitrogens is 1. The van der Waals surface area contributed by atoms with Crippen LogP contribution in [0.5, 0.6) is 0 Å². The van der Waals surface area contributed by atoms with E-state index in [0.29, 0.717) is 43.0 Å². The Labute approximate surface area is 161 Å². The maximum absolute atomic E-state index is 12.5. The topological polar surface area (TPSA) is 92.1 Å². The maximum Gasteiger partial charge on any atom is 0.273 e. The molecule has 0 aliphatic carbocycles. The number of para-hydroxylation sites is 1. The zero-order valence-electron chi connectivity index (χ0n) is 15.5. The molecule has 3 aromatic rings. The van der Waals surface area contributed by atoms with Gasteiger partial charge in [-0.1, -0.05) is 48.0 Å². The van der Waals surface area contributed by atoms with Gasteiger partial charge in [0, 0.05) is 42.4 Å². The van der Waals surface area contributed by atoms with E-state index in [0.717, 1.165) is 16.8 Å². The van der Waals surface area contributed by atoms with Crippen molar-refractivity contribution >= 4 is 5.69 Å². The summed E-state index contributed by atoms with van der Waals surface area (Å²) in [6.07, 6.45) is 0.576. The van der Waals surface area contributed by atoms with Crippen molar-refractivity contribution in [3.8, 4) is 11.4 Å². The largest absolute Gasteiger partial charge is 0.306 e. The molecule has 1 aliphatic heterocycles. The lowest BCUT2D eigenvalue weighted by molar-refractivity contribution is -0.385. The Bertz CT molecular complexity index is 1090. The molecule has 0 amide bonds. The second-order valence-corrected chi connectivity index (χ2v) is 7.05. The molecule has 28 heavy (non-hydrogen) atoms. The first kappa shape index (κ1) is 18.1. The minimum Gasteiger partial charge on any atom is -0.306 e. The van der Waals surface area contributed by atoms with Gasteiger partial charge >= 0.3 is 0 Å². The molecule has 0 saturated heterocycles. The van der Waals surface area contributed by atoms with Gasteiger partial charge < -0.3 is 4.98 Å². The summed E-state index contributed by atoms with van der Waals surface area (Å²) in [6.45, 7) is 3.61. The Kier molecular flexibility index (Phi) is 4.75. The molecule has 1 aliphatic rings. The quantitative estimate of drug-likeness (QED) is 0.558. The SMILES string of the molecule is Cc1ccc(-c2nc3c(c(=O)[nH]2)CCN(Cc2ccccc2[N+](=O)[O-])C3)cc1. The van der Waals surface area contributed by atoms with Crippen LogP contribution >= 0.6 is 0 Å². The highest BCUT2D eigenvalue weighted by molar-refractivity contribution is 5.55. The Balaban J connectivity index is 1.62. The molecule has 0 saturated carbocycles. The lowest BCUT2D eigenvalue weighted by atomic mass is 10.0. The average molecular weight is 376 g/mol.